The fourth-order valence-corrected chi connectivity index (χ4v) is 2.30. The van der Waals surface area contributed by atoms with Gasteiger partial charge < -0.3 is 4.74 Å². The van der Waals surface area contributed by atoms with Crippen LogP contribution in [0.2, 0.25) is 0 Å². The molecule has 1 atom stereocenters. The number of epoxide rings is 1. The SMILES string of the molecule is CC(C)(C)c1ccc(SCC2CO2)cc1. The molecule has 0 radical (unpaired) electrons. The molecular formula is C13H18OS. The first-order valence-corrected chi connectivity index (χ1v) is 6.39. The van der Waals surface area contributed by atoms with Crippen LogP contribution in [0, 0.1) is 0 Å². The van der Waals surface area contributed by atoms with Crippen molar-refractivity contribution in [1.82, 2.24) is 0 Å². The molecule has 1 unspecified atom stereocenters. The zero-order chi connectivity index (χ0) is 10.9. The Bertz CT molecular complexity index is 319. The highest BCUT2D eigenvalue weighted by atomic mass is 32.2. The molecular weight excluding hydrogens is 204 g/mol. The third-order valence-electron chi connectivity index (χ3n) is 2.56. The van der Waals surface area contributed by atoms with E-state index < -0.39 is 0 Å². The molecule has 0 bridgehead atoms. The predicted molar refractivity (Wildman–Crippen MR) is 65.6 cm³/mol. The van der Waals surface area contributed by atoms with Crippen LogP contribution in [0.1, 0.15) is 26.3 Å². The van der Waals surface area contributed by atoms with Gasteiger partial charge >= 0.3 is 0 Å². The van der Waals surface area contributed by atoms with Crippen molar-refractivity contribution in [3.05, 3.63) is 29.8 Å². The highest BCUT2D eigenvalue weighted by Crippen LogP contribution is 2.27. The van der Waals surface area contributed by atoms with E-state index in [0.29, 0.717) is 6.10 Å². The van der Waals surface area contributed by atoms with Gasteiger partial charge in [-0.15, -0.1) is 11.8 Å². The van der Waals surface area contributed by atoms with E-state index >= 15 is 0 Å². The van der Waals surface area contributed by atoms with E-state index in [-0.39, 0.29) is 5.41 Å². The summed E-state index contributed by atoms with van der Waals surface area (Å²) in [7, 11) is 0. The first-order chi connectivity index (χ1) is 7.05. The molecule has 15 heavy (non-hydrogen) atoms. The predicted octanol–water partition coefficient (Wildman–Crippen LogP) is 3.48. The second-order valence-electron chi connectivity index (χ2n) is 5.04. The summed E-state index contributed by atoms with van der Waals surface area (Å²) in [4.78, 5) is 1.35. The number of rotatable bonds is 3. The van der Waals surface area contributed by atoms with Crippen molar-refractivity contribution in [1.29, 1.82) is 0 Å². The van der Waals surface area contributed by atoms with E-state index in [0.717, 1.165) is 12.4 Å². The Hall–Kier alpha value is -0.470. The number of hydrogen-bond donors (Lipinski definition) is 0. The Morgan fingerprint density at radius 1 is 1.27 bits per heavy atom. The number of benzene rings is 1. The molecule has 0 aromatic heterocycles. The molecule has 1 heterocycles. The third kappa shape index (κ3) is 3.25. The van der Waals surface area contributed by atoms with Crippen molar-refractivity contribution in [2.75, 3.05) is 12.4 Å². The summed E-state index contributed by atoms with van der Waals surface area (Å²) in [6, 6.07) is 8.90. The first-order valence-electron chi connectivity index (χ1n) is 5.41. The van der Waals surface area contributed by atoms with Gasteiger partial charge in [0.1, 0.15) is 0 Å². The van der Waals surface area contributed by atoms with Gasteiger partial charge in [0.05, 0.1) is 12.7 Å². The average molecular weight is 222 g/mol. The lowest BCUT2D eigenvalue weighted by Gasteiger charge is -2.18. The quantitative estimate of drug-likeness (QED) is 0.573. The fraction of sp³-hybridized carbons (Fsp3) is 0.538. The van der Waals surface area contributed by atoms with E-state index in [1.807, 2.05) is 11.8 Å². The molecule has 1 aliphatic heterocycles. The van der Waals surface area contributed by atoms with Crippen molar-refractivity contribution in [2.45, 2.75) is 37.2 Å². The highest BCUT2D eigenvalue weighted by molar-refractivity contribution is 7.99. The Labute approximate surface area is 96.2 Å². The lowest BCUT2D eigenvalue weighted by molar-refractivity contribution is 0.426. The van der Waals surface area contributed by atoms with E-state index in [1.54, 1.807) is 0 Å². The lowest BCUT2D eigenvalue weighted by atomic mass is 9.87. The summed E-state index contributed by atoms with van der Waals surface area (Å²) < 4.78 is 5.19. The summed E-state index contributed by atoms with van der Waals surface area (Å²) in [6.45, 7) is 7.68. The molecule has 1 aromatic rings. The average Bonchev–Trinajstić information content (AvgIpc) is 2.97. The van der Waals surface area contributed by atoms with Crippen molar-refractivity contribution < 1.29 is 4.74 Å². The monoisotopic (exact) mass is 222 g/mol. The third-order valence-corrected chi connectivity index (χ3v) is 3.70. The maximum absolute atomic E-state index is 5.19. The molecule has 1 nitrogen and oxygen atoms in total. The van der Waals surface area contributed by atoms with Crippen LogP contribution in [0.5, 0.6) is 0 Å². The van der Waals surface area contributed by atoms with Gasteiger partial charge in [0.2, 0.25) is 0 Å². The van der Waals surface area contributed by atoms with E-state index in [4.69, 9.17) is 4.74 Å². The minimum Gasteiger partial charge on any atom is -0.372 e. The molecule has 0 N–H and O–H groups in total. The minimum absolute atomic E-state index is 0.253. The molecule has 2 rings (SSSR count). The smallest absolute Gasteiger partial charge is 0.0903 e. The molecule has 1 aromatic carbocycles. The van der Waals surface area contributed by atoms with Gasteiger partial charge in [0.25, 0.3) is 0 Å². The number of thioether (sulfide) groups is 1. The zero-order valence-electron chi connectivity index (χ0n) is 9.62. The van der Waals surface area contributed by atoms with Crippen LogP contribution in [0.25, 0.3) is 0 Å². The fourth-order valence-electron chi connectivity index (χ4n) is 1.40. The molecule has 1 saturated heterocycles. The van der Waals surface area contributed by atoms with Crippen LogP contribution < -0.4 is 0 Å². The Morgan fingerprint density at radius 2 is 1.87 bits per heavy atom. The highest BCUT2D eigenvalue weighted by Gasteiger charge is 2.22. The van der Waals surface area contributed by atoms with Crippen LogP contribution in [0.4, 0.5) is 0 Å². The van der Waals surface area contributed by atoms with Gasteiger partial charge in [0.15, 0.2) is 0 Å². The van der Waals surface area contributed by atoms with Gasteiger partial charge in [-0.3, -0.25) is 0 Å². The first kappa shape index (κ1) is 11.0. The second-order valence-corrected chi connectivity index (χ2v) is 6.13. The van der Waals surface area contributed by atoms with Crippen molar-refractivity contribution in [3.63, 3.8) is 0 Å². The Kier molecular flexibility index (Phi) is 3.08. The van der Waals surface area contributed by atoms with Crippen molar-refractivity contribution in [3.8, 4) is 0 Å². The van der Waals surface area contributed by atoms with Crippen LogP contribution in [-0.4, -0.2) is 18.5 Å². The minimum atomic E-state index is 0.253. The molecule has 1 fully saturated rings. The van der Waals surface area contributed by atoms with Crippen LogP contribution in [-0.2, 0) is 10.2 Å². The second kappa shape index (κ2) is 4.18. The van der Waals surface area contributed by atoms with Crippen LogP contribution >= 0.6 is 11.8 Å². The van der Waals surface area contributed by atoms with E-state index in [9.17, 15) is 0 Å². The van der Waals surface area contributed by atoms with E-state index in [1.165, 1.54) is 10.5 Å². The molecule has 2 heteroatoms. The standard InChI is InChI=1S/C13H18OS/c1-13(2,3)10-4-6-12(7-5-10)15-9-11-8-14-11/h4-7,11H,8-9H2,1-3H3. The summed E-state index contributed by atoms with van der Waals surface area (Å²) in [6.07, 6.45) is 0.511. The van der Waals surface area contributed by atoms with Gasteiger partial charge in [-0.2, -0.15) is 0 Å². The largest absolute Gasteiger partial charge is 0.372 e. The van der Waals surface area contributed by atoms with Gasteiger partial charge in [-0.1, -0.05) is 32.9 Å². The van der Waals surface area contributed by atoms with Gasteiger partial charge in [0, 0.05) is 10.6 Å². The Balaban J connectivity index is 1.96. The maximum atomic E-state index is 5.19. The number of ether oxygens (including phenoxy) is 1. The molecule has 1 aliphatic rings. The summed E-state index contributed by atoms with van der Waals surface area (Å²) in [5.74, 6) is 1.09. The Morgan fingerprint density at radius 3 is 2.33 bits per heavy atom. The topological polar surface area (TPSA) is 12.5 Å². The maximum Gasteiger partial charge on any atom is 0.0903 e. The molecule has 0 amide bonds. The molecule has 82 valence electrons. The molecule has 0 spiro atoms. The lowest BCUT2D eigenvalue weighted by Crippen LogP contribution is -2.10. The molecule has 0 aliphatic carbocycles. The zero-order valence-corrected chi connectivity index (χ0v) is 10.4. The summed E-state index contributed by atoms with van der Waals surface area (Å²) in [5.41, 5.74) is 1.65. The number of hydrogen-bond acceptors (Lipinski definition) is 2. The summed E-state index contributed by atoms with van der Waals surface area (Å²) >= 11 is 1.89. The van der Waals surface area contributed by atoms with Gasteiger partial charge in [-0.05, 0) is 23.1 Å². The molecule has 0 saturated carbocycles. The van der Waals surface area contributed by atoms with Crippen molar-refractivity contribution >= 4 is 11.8 Å². The van der Waals surface area contributed by atoms with Gasteiger partial charge in [-0.25, -0.2) is 0 Å². The van der Waals surface area contributed by atoms with Crippen LogP contribution in [0.3, 0.4) is 0 Å². The van der Waals surface area contributed by atoms with Crippen molar-refractivity contribution in [2.24, 2.45) is 0 Å². The van der Waals surface area contributed by atoms with Crippen LogP contribution in [0.15, 0.2) is 29.2 Å². The summed E-state index contributed by atoms with van der Waals surface area (Å²) in [5, 5.41) is 0. The van der Waals surface area contributed by atoms with E-state index in [2.05, 4.69) is 45.0 Å². The normalized spacial score (nSPS) is 20.3.